The van der Waals surface area contributed by atoms with Crippen molar-refractivity contribution in [2.45, 2.75) is 19.4 Å². The predicted molar refractivity (Wildman–Crippen MR) is 124 cm³/mol. The lowest BCUT2D eigenvalue weighted by Crippen LogP contribution is -2.44. The lowest BCUT2D eigenvalue weighted by atomic mass is 9.94. The van der Waals surface area contributed by atoms with Crippen LogP contribution in [0.15, 0.2) is 41.5 Å². The lowest BCUT2D eigenvalue weighted by molar-refractivity contribution is 0.131. The number of carbonyl (C=O) groups is 1. The van der Waals surface area contributed by atoms with Crippen LogP contribution in [0, 0.1) is 0 Å². The average Bonchev–Trinajstić information content (AvgIpc) is 2.94. The van der Waals surface area contributed by atoms with Gasteiger partial charge in [-0.25, -0.2) is 4.79 Å². The van der Waals surface area contributed by atoms with Gasteiger partial charge in [-0.15, -0.1) is 0 Å². The summed E-state index contributed by atoms with van der Waals surface area (Å²) in [5.74, 6) is 1.21. The number of benzene rings is 2. The minimum Gasteiger partial charge on any atom is -0.493 e. The molecule has 2 aliphatic rings. The number of amides is 1. The monoisotopic (exact) mass is 438 g/mol. The molecule has 2 aliphatic heterocycles. The van der Waals surface area contributed by atoms with Crippen LogP contribution in [-0.2, 0) is 6.42 Å². The molecule has 0 spiro atoms. The number of rotatable bonds is 4. The Morgan fingerprint density at radius 2 is 1.66 bits per heavy atom. The molecule has 1 amide bonds. The van der Waals surface area contributed by atoms with E-state index in [0.717, 1.165) is 53.6 Å². The molecule has 170 valence electrons. The number of fused-ring (bicyclic) bond motifs is 1. The van der Waals surface area contributed by atoms with Gasteiger partial charge in [0.2, 0.25) is 0 Å². The zero-order chi connectivity index (χ0) is 22.8. The van der Waals surface area contributed by atoms with Gasteiger partial charge in [-0.1, -0.05) is 12.1 Å². The third-order valence-electron chi connectivity index (χ3n) is 6.21. The predicted octanol–water partition coefficient (Wildman–Crippen LogP) is 3.13. The van der Waals surface area contributed by atoms with Gasteiger partial charge in [-0.3, -0.25) is 0 Å². The van der Waals surface area contributed by atoms with Crippen LogP contribution in [0.2, 0.25) is 0 Å². The van der Waals surface area contributed by atoms with Crippen LogP contribution >= 0.6 is 0 Å². The fourth-order valence-corrected chi connectivity index (χ4v) is 4.31. The van der Waals surface area contributed by atoms with E-state index in [1.54, 1.807) is 14.2 Å². The number of likely N-dealkylation sites (N-methyl/N-ethyl adjacent to an activating group) is 1. The second-order valence-corrected chi connectivity index (χ2v) is 8.33. The summed E-state index contributed by atoms with van der Waals surface area (Å²) in [6.45, 7) is 5.91. The fourth-order valence-electron chi connectivity index (χ4n) is 4.31. The third-order valence-corrected chi connectivity index (χ3v) is 6.21. The Kier molecular flexibility index (Phi) is 6.23. The molecule has 1 fully saturated rings. The molecule has 8 nitrogen and oxygen atoms in total. The summed E-state index contributed by atoms with van der Waals surface area (Å²) in [6, 6.07) is 11.7. The van der Waals surface area contributed by atoms with Crippen LogP contribution < -0.4 is 14.4 Å². The van der Waals surface area contributed by atoms with E-state index in [0.29, 0.717) is 23.6 Å². The maximum atomic E-state index is 11.9. The summed E-state index contributed by atoms with van der Waals surface area (Å²) in [5.41, 5.74) is 4.45. The highest BCUT2D eigenvalue weighted by Crippen LogP contribution is 2.35. The van der Waals surface area contributed by atoms with E-state index >= 15 is 0 Å². The molecule has 2 heterocycles. The highest BCUT2D eigenvalue weighted by atomic mass is 16.5. The van der Waals surface area contributed by atoms with Gasteiger partial charge >= 0.3 is 6.09 Å². The number of piperazine rings is 1. The number of methoxy groups -OCH3 is 2. The van der Waals surface area contributed by atoms with E-state index in [2.05, 4.69) is 34.1 Å². The molecule has 2 aromatic rings. The van der Waals surface area contributed by atoms with Gasteiger partial charge < -0.3 is 24.4 Å². The first-order valence-electron chi connectivity index (χ1n) is 10.8. The number of ether oxygens (including phenoxy) is 2. The van der Waals surface area contributed by atoms with Gasteiger partial charge in [0.25, 0.3) is 0 Å². The minimum atomic E-state index is -1.07. The van der Waals surface area contributed by atoms with Gasteiger partial charge in [-0.05, 0) is 50.2 Å². The highest BCUT2D eigenvalue weighted by Gasteiger charge is 2.28. The van der Waals surface area contributed by atoms with E-state index in [9.17, 15) is 9.90 Å². The highest BCUT2D eigenvalue weighted by molar-refractivity contribution is 6.14. The Hall–Kier alpha value is -3.26. The summed E-state index contributed by atoms with van der Waals surface area (Å²) >= 11 is 0. The van der Waals surface area contributed by atoms with Crippen molar-refractivity contribution < 1.29 is 19.4 Å². The Balaban J connectivity index is 1.76. The Bertz CT molecular complexity index is 1010. The Morgan fingerprint density at radius 3 is 2.25 bits per heavy atom. The van der Waals surface area contributed by atoms with Crippen molar-refractivity contribution in [1.29, 1.82) is 0 Å². The van der Waals surface area contributed by atoms with Gasteiger partial charge in [0.05, 0.1) is 26.0 Å². The maximum Gasteiger partial charge on any atom is 0.428 e. The van der Waals surface area contributed by atoms with Crippen LogP contribution in [0.5, 0.6) is 11.5 Å². The molecule has 8 heteroatoms. The van der Waals surface area contributed by atoms with Crippen molar-refractivity contribution >= 4 is 17.5 Å². The van der Waals surface area contributed by atoms with Gasteiger partial charge in [-0.2, -0.15) is 10.1 Å². The summed E-state index contributed by atoms with van der Waals surface area (Å²) < 4.78 is 11.0. The number of nitrogens with zero attached hydrogens (tertiary/aromatic N) is 4. The van der Waals surface area contributed by atoms with Crippen LogP contribution in [0.4, 0.5) is 10.5 Å². The fraction of sp³-hybridized carbons (Fsp3) is 0.417. The first-order chi connectivity index (χ1) is 15.4. The largest absolute Gasteiger partial charge is 0.493 e. The van der Waals surface area contributed by atoms with E-state index in [1.807, 2.05) is 31.2 Å². The van der Waals surface area contributed by atoms with Gasteiger partial charge in [0, 0.05) is 43.0 Å². The first kappa shape index (κ1) is 22.0. The van der Waals surface area contributed by atoms with Crippen LogP contribution in [0.25, 0.3) is 0 Å². The van der Waals surface area contributed by atoms with Crippen LogP contribution in [0.3, 0.4) is 0 Å². The molecular weight excluding hydrogens is 408 g/mol. The maximum absolute atomic E-state index is 11.9. The first-order valence-corrected chi connectivity index (χ1v) is 10.8. The molecule has 1 saturated heterocycles. The summed E-state index contributed by atoms with van der Waals surface area (Å²) in [5, 5.41) is 15.5. The van der Waals surface area contributed by atoms with Gasteiger partial charge in [0.15, 0.2) is 11.5 Å². The normalized spacial score (nSPS) is 19.1. The molecule has 0 aromatic heterocycles. The minimum absolute atomic E-state index is 0.313. The molecule has 0 radical (unpaired) electrons. The van der Waals surface area contributed by atoms with E-state index in [-0.39, 0.29) is 6.04 Å². The van der Waals surface area contributed by atoms with Crippen molar-refractivity contribution in [3.63, 3.8) is 0 Å². The summed E-state index contributed by atoms with van der Waals surface area (Å²) in [4.78, 5) is 16.6. The molecular formula is C24H30N4O4. The Morgan fingerprint density at radius 1 is 1.03 bits per heavy atom. The molecule has 2 aromatic carbocycles. The smallest absolute Gasteiger partial charge is 0.428 e. The number of carboxylic acid groups (broad SMARTS) is 1. The number of anilines is 1. The third kappa shape index (κ3) is 4.23. The van der Waals surface area contributed by atoms with E-state index in [4.69, 9.17) is 9.47 Å². The standard InChI is InChI=1S/C24H30N4O4/c1-16-13-18-14-21(31-3)22(32-4)15-20(18)23(25-28(16)24(29)30)17-5-7-19(8-6-17)27-11-9-26(2)10-12-27/h5-8,14-16H,9-13H2,1-4H3,(H,29,30). The molecule has 32 heavy (non-hydrogen) atoms. The quantitative estimate of drug-likeness (QED) is 0.790. The van der Waals surface area contributed by atoms with Crippen molar-refractivity contribution in [3.8, 4) is 11.5 Å². The topological polar surface area (TPSA) is 77.8 Å². The lowest BCUT2D eigenvalue weighted by Gasteiger charge is -2.34. The SMILES string of the molecule is COc1cc2c(cc1OC)C(c1ccc(N3CCN(C)CC3)cc1)=NN(C(=O)O)C(C)C2. The van der Waals surface area contributed by atoms with Crippen molar-refractivity contribution in [2.75, 3.05) is 52.3 Å². The number of hydrogen-bond acceptors (Lipinski definition) is 6. The molecule has 0 bridgehead atoms. The van der Waals surface area contributed by atoms with Crippen molar-refractivity contribution in [1.82, 2.24) is 9.91 Å². The van der Waals surface area contributed by atoms with Gasteiger partial charge in [0.1, 0.15) is 0 Å². The molecule has 1 atom stereocenters. The zero-order valence-electron chi connectivity index (χ0n) is 19.0. The zero-order valence-corrected chi connectivity index (χ0v) is 19.0. The van der Waals surface area contributed by atoms with E-state index in [1.165, 1.54) is 0 Å². The van der Waals surface area contributed by atoms with Crippen molar-refractivity contribution in [3.05, 3.63) is 53.1 Å². The van der Waals surface area contributed by atoms with E-state index < -0.39 is 6.09 Å². The molecule has 0 saturated carbocycles. The summed E-state index contributed by atoms with van der Waals surface area (Å²) in [7, 11) is 5.33. The second kappa shape index (κ2) is 9.08. The molecule has 0 aliphatic carbocycles. The molecule has 1 N–H and O–H groups in total. The molecule has 1 unspecified atom stereocenters. The summed E-state index contributed by atoms with van der Waals surface area (Å²) in [6.07, 6.45) is -0.551. The van der Waals surface area contributed by atoms with Crippen molar-refractivity contribution in [2.24, 2.45) is 5.10 Å². The average molecular weight is 439 g/mol. The Labute approximate surface area is 188 Å². The van der Waals surface area contributed by atoms with Crippen LogP contribution in [-0.4, -0.2) is 80.3 Å². The molecule has 4 rings (SSSR count). The number of hydrazone groups is 1. The second-order valence-electron chi connectivity index (χ2n) is 8.33. The number of hydrogen-bond donors (Lipinski definition) is 1. The van der Waals surface area contributed by atoms with Crippen LogP contribution in [0.1, 0.15) is 23.6 Å².